The summed E-state index contributed by atoms with van der Waals surface area (Å²) < 4.78 is 5.69. The number of ether oxygens (including phenoxy) is 1. The third kappa shape index (κ3) is 5.22. The molecule has 0 bridgehead atoms. The lowest BCUT2D eigenvalue weighted by atomic mass is 10.1. The Morgan fingerprint density at radius 3 is 3.05 bits per heavy atom. The molecule has 1 atom stereocenters. The summed E-state index contributed by atoms with van der Waals surface area (Å²) in [6, 6.07) is 7.66. The summed E-state index contributed by atoms with van der Waals surface area (Å²) in [4.78, 5) is 13.8. The minimum absolute atomic E-state index is 0.118. The summed E-state index contributed by atoms with van der Waals surface area (Å²) in [6.45, 7) is 6.49. The zero-order valence-corrected chi connectivity index (χ0v) is 13.4. The van der Waals surface area contributed by atoms with Gasteiger partial charge in [-0.3, -0.25) is 0 Å². The van der Waals surface area contributed by atoms with E-state index < -0.39 is 6.10 Å². The Morgan fingerprint density at radius 2 is 2.32 bits per heavy atom. The van der Waals surface area contributed by atoms with Gasteiger partial charge < -0.3 is 20.1 Å². The fourth-order valence-corrected chi connectivity index (χ4v) is 2.44. The maximum Gasteiger partial charge on any atom is 0.317 e. The van der Waals surface area contributed by atoms with Crippen LogP contribution in [-0.4, -0.2) is 41.8 Å². The molecule has 1 aliphatic heterocycles. The van der Waals surface area contributed by atoms with Crippen molar-refractivity contribution in [3.05, 3.63) is 29.8 Å². The lowest BCUT2D eigenvalue weighted by molar-refractivity contribution is 0.0842. The van der Waals surface area contributed by atoms with Gasteiger partial charge in [-0.25, -0.2) is 4.79 Å². The zero-order valence-electron chi connectivity index (χ0n) is 13.4. The van der Waals surface area contributed by atoms with Crippen molar-refractivity contribution in [2.24, 2.45) is 5.92 Å². The highest BCUT2D eigenvalue weighted by atomic mass is 16.5. The number of β-amino-alcohol motifs (C(OH)–C–C–N with tert-alkyl or cyclic N) is 1. The molecule has 1 aliphatic rings. The first-order valence-corrected chi connectivity index (χ1v) is 7.97. The van der Waals surface area contributed by atoms with Gasteiger partial charge in [0.1, 0.15) is 5.75 Å². The molecule has 2 amide bonds. The van der Waals surface area contributed by atoms with Crippen LogP contribution in [0, 0.1) is 5.92 Å². The molecule has 1 aromatic carbocycles. The van der Waals surface area contributed by atoms with Crippen LogP contribution < -0.4 is 10.1 Å². The number of carbonyl (C=O) groups excluding carboxylic acids is 1. The van der Waals surface area contributed by atoms with E-state index in [4.69, 9.17) is 4.74 Å². The Morgan fingerprint density at radius 1 is 1.50 bits per heavy atom. The molecule has 0 saturated carbocycles. The van der Waals surface area contributed by atoms with Crippen molar-refractivity contribution in [1.29, 1.82) is 0 Å². The van der Waals surface area contributed by atoms with E-state index in [1.807, 2.05) is 24.3 Å². The molecular weight excluding hydrogens is 280 g/mol. The number of hydrogen-bond acceptors (Lipinski definition) is 3. The maximum absolute atomic E-state index is 12.1. The lowest BCUT2D eigenvalue weighted by Gasteiger charge is -2.30. The molecular formula is C17H26N2O3. The van der Waals surface area contributed by atoms with Gasteiger partial charge in [-0.1, -0.05) is 26.0 Å². The van der Waals surface area contributed by atoms with Crippen LogP contribution in [0.1, 0.15) is 32.3 Å². The van der Waals surface area contributed by atoms with Crippen LogP contribution in [0.4, 0.5) is 4.79 Å². The first-order chi connectivity index (χ1) is 10.5. The van der Waals surface area contributed by atoms with E-state index in [9.17, 15) is 9.90 Å². The molecule has 22 heavy (non-hydrogen) atoms. The number of hydrogen-bond donors (Lipinski definition) is 2. The number of aliphatic hydroxyl groups excluding tert-OH is 1. The molecule has 0 radical (unpaired) electrons. The molecule has 2 rings (SSSR count). The van der Waals surface area contributed by atoms with Crippen molar-refractivity contribution >= 4 is 6.03 Å². The maximum atomic E-state index is 12.1. The minimum Gasteiger partial charge on any atom is -0.493 e. The molecule has 0 aliphatic carbocycles. The monoisotopic (exact) mass is 306 g/mol. The second-order valence-corrected chi connectivity index (χ2v) is 6.25. The first kappa shape index (κ1) is 16.6. The Labute approximate surface area is 132 Å². The summed E-state index contributed by atoms with van der Waals surface area (Å²) in [6.07, 6.45) is 1.24. The second kappa shape index (κ2) is 8.03. The van der Waals surface area contributed by atoms with E-state index in [1.165, 1.54) is 0 Å². The number of nitrogens with one attached hydrogen (secondary N) is 1. The standard InChI is InChI=1S/C17H26N2O3/c1-13(2)12-22-16-7-3-5-14(9-16)10-18-17(21)19-8-4-6-15(20)11-19/h3,5,7,9,13,15,20H,4,6,8,10-12H2,1-2H3,(H,18,21). The van der Waals surface area contributed by atoms with Crippen molar-refractivity contribution in [2.45, 2.75) is 39.3 Å². The number of rotatable bonds is 5. The average molecular weight is 306 g/mol. The van der Waals surface area contributed by atoms with Gasteiger partial charge in [-0.2, -0.15) is 0 Å². The van der Waals surface area contributed by atoms with E-state index in [0.717, 1.165) is 24.2 Å². The molecule has 2 N–H and O–H groups in total. The molecule has 5 heteroatoms. The smallest absolute Gasteiger partial charge is 0.317 e. The summed E-state index contributed by atoms with van der Waals surface area (Å²) in [7, 11) is 0. The molecule has 1 unspecified atom stereocenters. The van der Waals surface area contributed by atoms with E-state index in [1.54, 1.807) is 4.90 Å². The van der Waals surface area contributed by atoms with Crippen molar-refractivity contribution in [2.75, 3.05) is 19.7 Å². The van der Waals surface area contributed by atoms with Gasteiger partial charge in [0.25, 0.3) is 0 Å². The van der Waals surface area contributed by atoms with Gasteiger partial charge in [0.15, 0.2) is 0 Å². The molecule has 1 saturated heterocycles. The fraction of sp³-hybridized carbons (Fsp3) is 0.588. The average Bonchev–Trinajstić information content (AvgIpc) is 2.51. The minimum atomic E-state index is -0.396. The normalized spacial score (nSPS) is 18.4. The van der Waals surface area contributed by atoms with Gasteiger partial charge in [0.2, 0.25) is 0 Å². The number of amides is 2. The summed E-state index contributed by atoms with van der Waals surface area (Å²) in [5.74, 6) is 1.31. The second-order valence-electron chi connectivity index (χ2n) is 6.25. The molecule has 1 heterocycles. The van der Waals surface area contributed by atoms with Crippen LogP contribution in [-0.2, 0) is 6.54 Å². The van der Waals surface area contributed by atoms with E-state index in [2.05, 4.69) is 19.2 Å². The first-order valence-electron chi connectivity index (χ1n) is 7.97. The zero-order chi connectivity index (χ0) is 15.9. The summed E-state index contributed by atoms with van der Waals surface area (Å²) in [5.41, 5.74) is 1.01. The van der Waals surface area contributed by atoms with Crippen LogP contribution in [0.5, 0.6) is 5.75 Å². The highest BCUT2D eigenvalue weighted by molar-refractivity contribution is 5.74. The molecule has 1 aromatic rings. The van der Waals surface area contributed by atoms with Crippen molar-refractivity contribution in [3.63, 3.8) is 0 Å². The summed E-state index contributed by atoms with van der Waals surface area (Å²) >= 11 is 0. The number of aliphatic hydroxyl groups is 1. The quantitative estimate of drug-likeness (QED) is 0.878. The van der Waals surface area contributed by atoms with Gasteiger partial charge >= 0.3 is 6.03 Å². The van der Waals surface area contributed by atoms with Gasteiger partial charge in [-0.15, -0.1) is 0 Å². The Hall–Kier alpha value is -1.75. The third-order valence-electron chi connectivity index (χ3n) is 3.61. The topological polar surface area (TPSA) is 61.8 Å². The Balaban J connectivity index is 1.83. The van der Waals surface area contributed by atoms with Gasteiger partial charge in [0, 0.05) is 19.6 Å². The van der Waals surface area contributed by atoms with Crippen LogP contribution >= 0.6 is 0 Å². The number of nitrogens with zero attached hydrogens (tertiary/aromatic N) is 1. The summed E-state index contributed by atoms with van der Waals surface area (Å²) in [5, 5.41) is 12.5. The van der Waals surface area contributed by atoms with E-state index >= 15 is 0 Å². The Kier molecular flexibility index (Phi) is 6.07. The van der Waals surface area contributed by atoms with Crippen LogP contribution in [0.3, 0.4) is 0 Å². The van der Waals surface area contributed by atoms with Crippen molar-refractivity contribution in [3.8, 4) is 5.75 Å². The molecule has 122 valence electrons. The van der Waals surface area contributed by atoms with E-state index in [-0.39, 0.29) is 6.03 Å². The van der Waals surface area contributed by atoms with Crippen molar-refractivity contribution < 1.29 is 14.6 Å². The highest BCUT2D eigenvalue weighted by Gasteiger charge is 2.21. The fourth-order valence-electron chi connectivity index (χ4n) is 2.44. The van der Waals surface area contributed by atoms with E-state index in [0.29, 0.717) is 32.2 Å². The predicted octanol–water partition coefficient (Wildman–Crippen LogP) is 2.39. The molecule has 0 aromatic heterocycles. The number of benzene rings is 1. The predicted molar refractivity (Wildman–Crippen MR) is 85.8 cm³/mol. The van der Waals surface area contributed by atoms with Gasteiger partial charge in [-0.05, 0) is 36.5 Å². The number of carbonyl (C=O) groups is 1. The number of piperidine rings is 1. The number of urea groups is 1. The van der Waals surface area contributed by atoms with Crippen molar-refractivity contribution in [1.82, 2.24) is 10.2 Å². The lowest BCUT2D eigenvalue weighted by Crippen LogP contribution is -2.46. The molecule has 0 spiro atoms. The molecule has 1 fully saturated rings. The van der Waals surface area contributed by atoms with Crippen LogP contribution in [0.25, 0.3) is 0 Å². The number of likely N-dealkylation sites (tertiary alicyclic amines) is 1. The highest BCUT2D eigenvalue weighted by Crippen LogP contribution is 2.15. The van der Waals surface area contributed by atoms with Gasteiger partial charge in [0.05, 0.1) is 12.7 Å². The molecule has 5 nitrogen and oxygen atoms in total. The van der Waals surface area contributed by atoms with Crippen LogP contribution in [0.15, 0.2) is 24.3 Å². The SMILES string of the molecule is CC(C)COc1cccc(CNC(=O)N2CCCC(O)C2)c1. The third-order valence-corrected chi connectivity index (χ3v) is 3.61. The Bertz CT molecular complexity index is 491. The van der Waals surface area contributed by atoms with Crippen LogP contribution in [0.2, 0.25) is 0 Å². The largest absolute Gasteiger partial charge is 0.493 e.